The first-order valence-corrected chi connectivity index (χ1v) is 8.56. The molecule has 4 rings (SSSR count). The molecule has 0 radical (unpaired) electrons. The molecule has 1 atom stereocenters. The number of carbonyl (C=O) groups excluding carboxylic acids is 1. The number of rotatable bonds is 4. The average Bonchev–Trinajstić information content (AvgIpc) is 3.36. The maximum absolute atomic E-state index is 12.9. The van der Waals surface area contributed by atoms with Gasteiger partial charge in [0.05, 0.1) is 18.8 Å². The van der Waals surface area contributed by atoms with Crippen LogP contribution in [-0.2, 0) is 13.6 Å². The van der Waals surface area contributed by atoms with Crippen LogP contribution in [0.1, 0.15) is 40.4 Å². The first-order chi connectivity index (χ1) is 12.2. The molecule has 2 aromatic heterocycles. The number of nitrogens with zero attached hydrogens (tertiary/aromatic N) is 5. The lowest BCUT2D eigenvalue weighted by Crippen LogP contribution is -2.30. The summed E-state index contributed by atoms with van der Waals surface area (Å²) in [6.07, 6.45) is 9.59. The van der Waals surface area contributed by atoms with Crippen LogP contribution in [0.15, 0.2) is 55.1 Å². The zero-order chi connectivity index (χ0) is 17.2. The Balaban J connectivity index is 1.50. The first kappa shape index (κ1) is 15.6. The summed E-state index contributed by atoms with van der Waals surface area (Å²) in [4.78, 5) is 14.9. The van der Waals surface area contributed by atoms with E-state index in [-0.39, 0.29) is 11.9 Å². The summed E-state index contributed by atoms with van der Waals surface area (Å²) >= 11 is 0. The van der Waals surface area contributed by atoms with Gasteiger partial charge in [-0.3, -0.25) is 14.2 Å². The van der Waals surface area contributed by atoms with Gasteiger partial charge in [-0.15, -0.1) is 0 Å². The molecule has 0 aliphatic carbocycles. The predicted molar refractivity (Wildman–Crippen MR) is 94.0 cm³/mol. The Morgan fingerprint density at radius 3 is 2.76 bits per heavy atom. The average molecular weight is 335 g/mol. The van der Waals surface area contributed by atoms with Gasteiger partial charge >= 0.3 is 0 Å². The van der Waals surface area contributed by atoms with E-state index in [1.165, 1.54) is 0 Å². The number of carbonyl (C=O) groups is 1. The summed E-state index contributed by atoms with van der Waals surface area (Å²) in [5.74, 6) is 0.0944. The fourth-order valence-corrected chi connectivity index (χ4v) is 3.47. The molecular weight excluding hydrogens is 314 g/mol. The standard InChI is InChI=1S/C19H21N5O/c1-22-14-17(12-21-22)18-4-2-11-24(18)19(25)16-7-5-15(6-8-16)13-23-10-3-9-20-23/h3,5-10,12,14,18H,2,4,11,13H2,1H3. The highest BCUT2D eigenvalue weighted by Crippen LogP contribution is 2.32. The Kier molecular flexibility index (Phi) is 4.09. The van der Waals surface area contributed by atoms with E-state index in [1.54, 1.807) is 10.9 Å². The monoisotopic (exact) mass is 335 g/mol. The molecule has 1 aliphatic heterocycles. The van der Waals surface area contributed by atoms with Gasteiger partial charge in [-0.2, -0.15) is 10.2 Å². The Hall–Kier alpha value is -2.89. The lowest BCUT2D eigenvalue weighted by Gasteiger charge is -2.24. The summed E-state index contributed by atoms with van der Waals surface area (Å²) in [6, 6.07) is 9.88. The highest BCUT2D eigenvalue weighted by molar-refractivity contribution is 5.94. The van der Waals surface area contributed by atoms with Crippen molar-refractivity contribution in [3.8, 4) is 0 Å². The van der Waals surface area contributed by atoms with Crippen LogP contribution in [0.25, 0.3) is 0 Å². The van der Waals surface area contributed by atoms with Crippen molar-refractivity contribution in [2.24, 2.45) is 7.05 Å². The topological polar surface area (TPSA) is 56.0 Å². The van der Waals surface area contributed by atoms with Gasteiger partial charge in [-0.25, -0.2) is 0 Å². The second-order valence-corrected chi connectivity index (χ2v) is 6.50. The molecule has 6 nitrogen and oxygen atoms in total. The molecule has 0 bridgehead atoms. The molecule has 1 saturated heterocycles. The van der Waals surface area contributed by atoms with Crippen LogP contribution in [0, 0.1) is 0 Å². The summed E-state index contributed by atoms with van der Waals surface area (Å²) < 4.78 is 3.66. The zero-order valence-corrected chi connectivity index (χ0v) is 14.2. The van der Waals surface area contributed by atoms with E-state index in [9.17, 15) is 4.79 Å². The molecule has 3 heterocycles. The molecule has 1 aliphatic rings. The van der Waals surface area contributed by atoms with E-state index in [0.717, 1.165) is 36.1 Å². The van der Waals surface area contributed by atoms with Crippen molar-refractivity contribution in [1.82, 2.24) is 24.5 Å². The number of hydrogen-bond donors (Lipinski definition) is 0. The van der Waals surface area contributed by atoms with Crippen molar-refractivity contribution >= 4 is 5.91 Å². The summed E-state index contributed by atoms with van der Waals surface area (Å²) in [5, 5.41) is 8.46. The number of aryl methyl sites for hydroxylation is 1. The summed E-state index contributed by atoms with van der Waals surface area (Å²) in [5.41, 5.74) is 2.98. The predicted octanol–water partition coefficient (Wildman–Crippen LogP) is 2.64. The van der Waals surface area contributed by atoms with E-state index >= 15 is 0 Å². The fourth-order valence-electron chi connectivity index (χ4n) is 3.47. The van der Waals surface area contributed by atoms with Crippen molar-refractivity contribution in [1.29, 1.82) is 0 Å². The molecule has 1 fully saturated rings. The minimum absolute atomic E-state index is 0.0944. The quantitative estimate of drug-likeness (QED) is 0.736. The van der Waals surface area contributed by atoms with Crippen molar-refractivity contribution in [3.63, 3.8) is 0 Å². The minimum Gasteiger partial charge on any atom is -0.331 e. The lowest BCUT2D eigenvalue weighted by molar-refractivity contribution is 0.0735. The van der Waals surface area contributed by atoms with Gasteiger partial charge < -0.3 is 4.90 Å². The number of hydrogen-bond acceptors (Lipinski definition) is 3. The fraction of sp³-hybridized carbons (Fsp3) is 0.316. The van der Waals surface area contributed by atoms with E-state index in [2.05, 4.69) is 10.2 Å². The van der Waals surface area contributed by atoms with E-state index in [4.69, 9.17) is 0 Å². The van der Waals surface area contributed by atoms with Gasteiger partial charge in [-0.05, 0) is 36.6 Å². The molecule has 0 spiro atoms. The van der Waals surface area contributed by atoms with Crippen LogP contribution in [-0.4, -0.2) is 36.9 Å². The maximum atomic E-state index is 12.9. The molecule has 1 amide bonds. The normalized spacial score (nSPS) is 17.2. The molecule has 128 valence electrons. The third kappa shape index (κ3) is 3.20. The van der Waals surface area contributed by atoms with Gasteiger partial charge in [-0.1, -0.05) is 12.1 Å². The third-order valence-electron chi connectivity index (χ3n) is 4.73. The molecule has 6 heteroatoms. The maximum Gasteiger partial charge on any atom is 0.254 e. The smallest absolute Gasteiger partial charge is 0.254 e. The number of aromatic nitrogens is 4. The largest absolute Gasteiger partial charge is 0.331 e. The van der Waals surface area contributed by atoms with E-state index in [1.807, 2.05) is 65.6 Å². The Labute approximate surface area is 146 Å². The van der Waals surface area contributed by atoms with Crippen LogP contribution >= 0.6 is 0 Å². The van der Waals surface area contributed by atoms with Crippen LogP contribution in [0.5, 0.6) is 0 Å². The molecule has 1 unspecified atom stereocenters. The van der Waals surface area contributed by atoms with Crippen molar-refractivity contribution in [2.75, 3.05) is 6.54 Å². The Morgan fingerprint density at radius 2 is 2.08 bits per heavy atom. The van der Waals surface area contributed by atoms with E-state index in [0.29, 0.717) is 6.54 Å². The second-order valence-electron chi connectivity index (χ2n) is 6.50. The molecule has 3 aromatic rings. The van der Waals surface area contributed by atoms with Crippen molar-refractivity contribution < 1.29 is 4.79 Å². The third-order valence-corrected chi connectivity index (χ3v) is 4.73. The van der Waals surface area contributed by atoms with Crippen molar-refractivity contribution in [3.05, 3.63) is 71.8 Å². The van der Waals surface area contributed by atoms with Gasteiger partial charge in [0.1, 0.15) is 0 Å². The zero-order valence-electron chi connectivity index (χ0n) is 14.2. The van der Waals surface area contributed by atoms with Crippen LogP contribution in [0.3, 0.4) is 0 Å². The minimum atomic E-state index is 0.0944. The van der Waals surface area contributed by atoms with Gasteiger partial charge in [0, 0.05) is 43.3 Å². The van der Waals surface area contributed by atoms with Gasteiger partial charge in [0.15, 0.2) is 0 Å². The summed E-state index contributed by atoms with van der Waals surface area (Å²) in [7, 11) is 1.91. The molecule has 0 N–H and O–H groups in total. The van der Waals surface area contributed by atoms with Crippen LogP contribution < -0.4 is 0 Å². The van der Waals surface area contributed by atoms with E-state index < -0.39 is 0 Å². The lowest BCUT2D eigenvalue weighted by atomic mass is 10.1. The summed E-state index contributed by atoms with van der Waals surface area (Å²) in [6.45, 7) is 1.51. The Bertz CT molecular complexity index is 850. The molecule has 25 heavy (non-hydrogen) atoms. The number of benzene rings is 1. The van der Waals surface area contributed by atoms with Crippen LogP contribution in [0.2, 0.25) is 0 Å². The molecular formula is C19H21N5O. The SMILES string of the molecule is Cn1cc(C2CCCN2C(=O)c2ccc(Cn3cccn3)cc2)cn1. The van der Waals surface area contributed by atoms with Gasteiger partial charge in [0.25, 0.3) is 5.91 Å². The number of likely N-dealkylation sites (tertiary alicyclic amines) is 1. The van der Waals surface area contributed by atoms with Crippen LogP contribution in [0.4, 0.5) is 0 Å². The highest BCUT2D eigenvalue weighted by atomic mass is 16.2. The van der Waals surface area contributed by atoms with Gasteiger partial charge in [0.2, 0.25) is 0 Å². The second kappa shape index (κ2) is 6.55. The number of amides is 1. The highest BCUT2D eigenvalue weighted by Gasteiger charge is 2.31. The molecule has 0 saturated carbocycles. The van der Waals surface area contributed by atoms with Crippen molar-refractivity contribution in [2.45, 2.75) is 25.4 Å². The Morgan fingerprint density at radius 1 is 1.24 bits per heavy atom. The first-order valence-electron chi connectivity index (χ1n) is 8.56. The molecule has 1 aromatic carbocycles.